The van der Waals surface area contributed by atoms with Crippen LogP contribution >= 0.6 is 11.8 Å². The normalized spacial score (nSPS) is 11.1. The fourth-order valence-electron chi connectivity index (χ4n) is 3.14. The quantitative estimate of drug-likeness (QED) is 0.548. The van der Waals surface area contributed by atoms with Gasteiger partial charge in [-0.1, -0.05) is 30.8 Å². The molecule has 0 unspecified atom stereocenters. The SMILES string of the molecule is CCCn1c(SCC(=O)Nc2ccccc2OCC)nc2c1c(=O)n(C)c(=O)n2C. The van der Waals surface area contributed by atoms with Crippen molar-refractivity contribution in [2.24, 2.45) is 14.1 Å². The lowest BCUT2D eigenvalue weighted by Gasteiger charge is -2.11. The number of benzene rings is 1. The van der Waals surface area contributed by atoms with E-state index in [2.05, 4.69) is 10.3 Å². The van der Waals surface area contributed by atoms with Crippen LogP contribution in [0.2, 0.25) is 0 Å². The van der Waals surface area contributed by atoms with Crippen molar-refractivity contribution >= 4 is 34.5 Å². The topological polar surface area (TPSA) is 100 Å². The fraction of sp³-hybridized carbons (Fsp3) is 0.400. The highest BCUT2D eigenvalue weighted by Crippen LogP contribution is 2.25. The molecule has 9 nitrogen and oxygen atoms in total. The van der Waals surface area contributed by atoms with Crippen molar-refractivity contribution in [2.75, 3.05) is 17.7 Å². The number of thioether (sulfide) groups is 1. The summed E-state index contributed by atoms with van der Waals surface area (Å²) < 4.78 is 9.74. The van der Waals surface area contributed by atoms with Gasteiger partial charge in [-0.05, 0) is 25.5 Å². The Morgan fingerprint density at radius 1 is 1.17 bits per heavy atom. The standard InChI is InChI=1S/C20H25N5O4S/c1-5-11-25-16-17(23(3)20(28)24(4)18(16)27)22-19(25)30-12-15(26)21-13-9-7-8-10-14(13)29-6-2/h7-10H,5-6,11-12H2,1-4H3,(H,21,26). The average Bonchev–Trinajstić information content (AvgIpc) is 3.09. The van der Waals surface area contributed by atoms with Gasteiger partial charge in [0.05, 0.1) is 18.0 Å². The molecule has 1 N–H and O–H groups in total. The third kappa shape index (κ3) is 4.13. The Kier molecular flexibility index (Phi) is 6.66. The molecule has 0 aliphatic rings. The number of aryl methyl sites for hydroxylation is 2. The Morgan fingerprint density at radius 3 is 2.60 bits per heavy atom. The summed E-state index contributed by atoms with van der Waals surface area (Å²) in [4.78, 5) is 41.9. The summed E-state index contributed by atoms with van der Waals surface area (Å²) in [5, 5.41) is 3.38. The van der Waals surface area contributed by atoms with Crippen molar-refractivity contribution in [1.29, 1.82) is 0 Å². The summed E-state index contributed by atoms with van der Waals surface area (Å²) in [5.74, 6) is 0.487. The first kappa shape index (κ1) is 21.7. The van der Waals surface area contributed by atoms with Crippen molar-refractivity contribution in [3.63, 3.8) is 0 Å². The smallest absolute Gasteiger partial charge is 0.332 e. The molecule has 0 atom stereocenters. The van der Waals surface area contributed by atoms with Crippen molar-refractivity contribution in [3.8, 4) is 5.75 Å². The molecule has 1 amide bonds. The number of ether oxygens (including phenoxy) is 1. The van der Waals surface area contributed by atoms with Crippen LogP contribution in [0.5, 0.6) is 5.75 Å². The molecule has 0 fully saturated rings. The van der Waals surface area contributed by atoms with Crippen molar-refractivity contribution in [3.05, 3.63) is 45.1 Å². The molecule has 0 radical (unpaired) electrons. The van der Waals surface area contributed by atoms with Gasteiger partial charge in [-0.3, -0.25) is 18.7 Å². The highest BCUT2D eigenvalue weighted by Gasteiger charge is 2.20. The van der Waals surface area contributed by atoms with E-state index < -0.39 is 11.2 Å². The molecule has 0 bridgehead atoms. The molecule has 0 aliphatic heterocycles. The van der Waals surface area contributed by atoms with E-state index in [1.54, 1.807) is 23.7 Å². The van der Waals surface area contributed by atoms with Gasteiger partial charge in [0.25, 0.3) is 5.56 Å². The second kappa shape index (κ2) is 9.21. The largest absolute Gasteiger partial charge is 0.492 e. The van der Waals surface area contributed by atoms with E-state index in [4.69, 9.17) is 4.74 Å². The second-order valence-corrected chi connectivity index (χ2v) is 7.63. The number of hydrogen-bond donors (Lipinski definition) is 1. The summed E-state index contributed by atoms with van der Waals surface area (Å²) in [6.07, 6.45) is 0.777. The second-order valence-electron chi connectivity index (χ2n) is 6.69. The van der Waals surface area contributed by atoms with Crippen LogP contribution in [-0.4, -0.2) is 37.0 Å². The molecule has 0 spiro atoms. The number of carbonyl (C=O) groups is 1. The number of amides is 1. The minimum absolute atomic E-state index is 0.0990. The zero-order valence-corrected chi connectivity index (χ0v) is 18.3. The number of rotatable bonds is 8. The summed E-state index contributed by atoms with van der Waals surface area (Å²) >= 11 is 1.22. The number of anilines is 1. The van der Waals surface area contributed by atoms with Crippen LogP contribution in [-0.2, 0) is 25.4 Å². The van der Waals surface area contributed by atoms with Gasteiger partial charge < -0.3 is 14.6 Å². The van der Waals surface area contributed by atoms with E-state index in [9.17, 15) is 14.4 Å². The predicted octanol–water partition coefficient (Wildman–Crippen LogP) is 1.97. The molecule has 0 saturated heterocycles. The lowest BCUT2D eigenvalue weighted by Crippen LogP contribution is -2.37. The number of nitrogens with one attached hydrogen (secondary N) is 1. The first-order chi connectivity index (χ1) is 14.4. The van der Waals surface area contributed by atoms with Crippen LogP contribution in [0.15, 0.2) is 39.0 Å². The van der Waals surface area contributed by atoms with Gasteiger partial charge in [0, 0.05) is 20.6 Å². The molecule has 3 aromatic rings. The number of imidazole rings is 1. The Labute approximate surface area is 177 Å². The summed E-state index contributed by atoms with van der Waals surface area (Å²) in [5.41, 5.74) is 0.460. The molecular weight excluding hydrogens is 406 g/mol. The van der Waals surface area contributed by atoms with Gasteiger partial charge in [0.2, 0.25) is 5.91 Å². The van der Waals surface area contributed by atoms with Gasteiger partial charge in [-0.25, -0.2) is 9.78 Å². The van der Waals surface area contributed by atoms with Crippen molar-refractivity contribution < 1.29 is 9.53 Å². The molecule has 2 heterocycles. The minimum atomic E-state index is -0.435. The maximum absolute atomic E-state index is 12.7. The molecule has 10 heteroatoms. The number of fused-ring (bicyclic) bond motifs is 1. The molecular formula is C20H25N5O4S. The third-order valence-corrected chi connectivity index (χ3v) is 5.53. The van der Waals surface area contributed by atoms with E-state index >= 15 is 0 Å². The average molecular weight is 432 g/mol. The van der Waals surface area contributed by atoms with Crippen LogP contribution in [0, 0.1) is 0 Å². The molecule has 30 heavy (non-hydrogen) atoms. The molecule has 3 rings (SSSR count). The third-order valence-electron chi connectivity index (χ3n) is 4.55. The minimum Gasteiger partial charge on any atom is -0.492 e. The Balaban J connectivity index is 1.87. The highest BCUT2D eigenvalue weighted by molar-refractivity contribution is 7.99. The fourth-order valence-corrected chi connectivity index (χ4v) is 3.96. The van der Waals surface area contributed by atoms with Gasteiger partial charge in [-0.2, -0.15) is 0 Å². The number of hydrogen-bond acceptors (Lipinski definition) is 6. The molecule has 0 aliphatic carbocycles. The van der Waals surface area contributed by atoms with E-state index in [1.165, 1.54) is 23.4 Å². The molecule has 160 valence electrons. The Bertz CT molecular complexity index is 1190. The van der Waals surface area contributed by atoms with Crippen LogP contribution < -0.4 is 21.3 Å². The monoisotopic (exact) mass is 431 g/mol. The zero-order chi connectivity index (χ0) is 21.8. The lowest BCUT2D eigenvalue weighted by atomic mass is 10.3. The van der Waals surface area contributed by atoms with Gasteiger partial charge in [0.15, 0.2) is 16.3 Å². The van der Waals surface area contributed by atoms with E-state index in [0.29, 0.717) is 40.9 Å². The maximum Gasteiger partial charge on any atom is 0.332 e. The first-order valence-corrected chi connectivity index (χ1v) is 10.7. The summed E-state index contributed by atoms with van der Waals surface area (Å²) in [6.45, 7) is 4.92. The predicted molar refractivity (Wildman–Crippen MR) is 117 cm³/mol. The maximum atomic E-state index is 12.7. The molecule has 2 aromatic heterocycles. The van der Waals surface area contributed by atoms with Gasteiger partial charge in [0.1, 0.15) is 5.75 Å². The van der Waals surface area contributed by atoms with Crippen LogP contribution in [0.4, 0.5) is 5.69 Å². The number of nitrogens with zero attached hydrogens (tertiary/aromatic N) is 4. The number of para-hydroxylation sites is 2. The molecule has 0 saturated carbocycles. The lowest BCUT2D eigenvalue weighted by molar-refractivity contribution is -0.113. The number of aromatic nitrogens is 4. The van der Waals surface area contributed by atoms with E-state index in [-0.39, 0.29) is 11.7 Å². The van der Waals surface area contributed by atoms with Gasteiger partial charge in [-0.15, -0.1) is 0 Å². The first-order valence-electron chi connectivity index (χ1n) is 9.69. The van der Waals surface area contributed by atoms with Crippen molar-refractivity contribution in [1.82, 2.24) is 18.7 Å². The Morgan fingerprint density at radius 2 is 1.90 bits per heavy atom. The number of carbonyl (C=O) groups excluding carboxylic acids is 1. The summed E-state index contributed by atoms with van der Waals surface area (Å²) in [7, 11) is 3.03. The van der Waals surface area contributed by atoms with Gasteiger partial charge >= 0.3 is 5.69 Å². The zero-order valence-electron chi connectivity index (χ0n) is 17.5. The van der Waals surface area contributed by atoms with Crippen LogP contribution in [0.3, 0.4) is 0 Å². The van der Waals surface area contributed by atoms with Crippen LogP contribution in [0.1, 0.15) is 20.3 Å². The van der Waals surface area contributed by atoms with E-state index in [0.717, 1.165) is 11.0 Å². The Hall–Kier alpha value is -3.01. The van der Waals surface area contributed by atoms with Crippen molar-refractivity contribution in [2.45, 2.75) is 32.0 Å². The van der Waals surface area contributed by atoms with E-state index in [1.807, 2.05) is 26.0 Å². The molecule has 1 aromatic carbocycles. The van der Waals surface area contributed by atoms with Crippen LogP contribution in [0.25, 0.3) is 11.2 Å². The summed E-state index contributed by atoms with van der Waals surface area (Å²) in [6, 6.07) is 7.23. The highest BCUT2D eigenvalue weighted by atomic mass is 32.2.